The van der Waals surface area contributed by atoms with Gasteiger partial charge in [-0.25, -0.2) is 4.98 Å². The van der Waals surface area contributed by atoms with Crippen LogP contribution in [-0.2, 0) is 6.61 Å². The largest absolute Gasteiger partial charge is 0.390 e. The Morgan fingerprint density at radius 3 is 2.72 bits per heavy atom. The van der Waals surface area contributed by atoms with Crippen molar-refractivity contribution >= 4 is 5.65 Å². The average Bonchev–Trinajstić information content (AvgIpc) is 2.80. The summed E-state index contributed by atoms with van der Waals surface area (Å²) in [5.41, 5.74) is 4.56. The highest BCUT2D eigenvalue weighted by molar-refractivity contribution is 5.67. The molecule has 4 heteroatoms. The summed E-state index contributed by atoms with van der Waals surface area (Å²) in [5.74, 6) is 0. The number of nitrogens with zero attached hydrogens (tertiary/aromatic N) is 3. The highest BCUT2D eigenvalue weighted by Gasteiger charge is 2.13. The number of aliphatic hydroxyl groups is 1. The lowest BCUT2D eigenvalue weighted by atomic mass is 10.1. The number of aryl methyl sites for hydroxylation is 1. The Morgan fingerprint density at radius 2 is 2.00 bits per heavy atom. The van der Waals surface area contributed by atoms with Gasteiger partial charge in [0, 0.05) is 24.2 Å². The molecule has 0 saturated heterocycles. The predicted molar refractivity (Wildman–Crippen MR) is 69.1 cm³/mol. The zero-order chi connectivity index (χ0) is 12.5. The number of hydrogen-bond donors (Lipinski definition) is 1. The van der Waals surface area contributed by atoms with Gasteiger partial charge in [0.15, 0.2) is 0 Å². The molecule has 0 aliphatic heterocycles. The van der Waals surface area contributed by atoms with E-state index in [2.05, 4.69) is 9.97 Å². The highest BCUT2D eigenvalue weighted by Crippen LogP contribution is 2.25. The van der Waals surface area contributed by atoms with Crippen molar-refractivity contribution < 1.29 is 5.11 Å². The van der Waals surface area contributed by atoms with Crippen LogP contribution in [0, 0.1) is 6.92 Å². The van der Waals surface area contributed by atoms with Crippen LogP contribution in [0.5, 0.6) is 0 Å². The fourth-order valence-corrected chi connectivity index (χ4v) is 2.14. The summed E-state index contributed by atoms with van der Waals surface area (Å²) in [5, 5.41) is 9.58. The molecule has 0 fully saturated rings. The molecule has 0 atom stereocenters. The van der Waals surface area contributed by atoms with Crippen molar-refractivity contribution in [3.8, 4) is 11.3 Å². The molecule has 90 valence electrons. The Bertz CT molecular complexity index is 689. The van der Waals surface area contributed by atoms with Gasteiger partial charge < -0.3 is 9.51 Å². The van der Waals surface area contributed by atoms with E-state index in [1.54, 1.807) is 12.4 Å². The third-order valence-electron chi connectivity index (χ3n) is 3.05. The number of aromatic nitrogens is 3. The first-order chi connectivity index (χ1) is 8.81. The zero-order valence-electron chi connectivity index (χ0n) is 10.0. The van der Waals surface area contributed by atoms with Gasteiger partial charge in [0.1, 0.15) is 5.65 Å². The van der Waals surface area contributed by atoms with E-state index in [4.69, 9.17) is 0 Å². The Hall–Kier alpha value is -2.20. The molecule has 0 aliphatic rings. The molecule has 3 aromatic rings. The van der Waals surface area contributed by atoms with Gasteiger partial charge in [-0.15, -0.1) is 0 Å². The van der Waals surface area contributed by atoms with E-state index in [0.717, 1.165) is 28.2 Å². The molecule has 0 spiro atoms. The predicted octanol–water partition coefficient (Wildman–Crippen LogP) is 2.20. The smallest absolute Gasteiger partial charge is 0.140 e. The summed E-state index contributed by atoms with van der Waals surface area (Å²) in [6.45, 7) is 1.97. The molecule has 0 aromatic carbocycles. The summed E-state index contributed by atoms with van der Waals surface area (Å²) < 4.78 is 1.94. The number of imidazole rings is 1. The van der Waals surface area contributed by atoms with E-state index in [-0.39, 0.29) is 6.61 Å². The zero-order valence-corrected chi connectivity index (χ0v) is 10.0. The molecule has 18 heavy (non-hydrogen) atoms. The number of rotatable bonds is 2. The van der Waals surface area contributed by atoms with Crippen LogP contribution in [-0.4, -0.2) is 19.5 Å². The summed E-state index contributed by atoms with van der Waals surface area (Å²) in [6.07, 6.45) is 5.38. The van der Waals surface area contributed by atoms with E-state index in [0.29, 0.717) is 0 Å². The molecular weight excluding hydrogens is 226 g/mol. The molecule has 3 heterocycles. The maximum Gasteiger partial charge on any atom is 0.140 e. The molecule has 0 amide bonds. The first kappa shape index (κ1) is 10.9. The summed E-state index contributed by atoms with van der Waals surface area (Å²) >= 11 is 0. The second kappa shape index (κ2) is 4.23. The highest BCUT2D eigenvalue weighted by atomic mass is 16.3. The van der Waals surface area contributed by atoms with Crippen LogP contribution in [0.2, 0.25) is 0 Å². The monoisotopic (exact) mass is 239 g/mol. The Kier molecular flexibility index (Phi) is 2.57. The topological polar surface area (TPSA) is 50.4 Å². The Balaban J connectivity index is 2.33. The minimum Gasteiger partial charge on any atom is -0.390 e. The number of aliphatic hydroxyl groups excluding tert-OH is 1. The Morgan fingerprint density at radius 1 is 1.22 bits per heavy atom. The van der Waals surface area contributed by atoms with Crippen molar-refractivity contribution in [1.29, 1.82) is 0 Å². The molecule has 1 N–H and O–H groups in total. The van der Waals surface area contributed by atoms with Crippen molar-refractivity contribution in [2.75, 3.05) is 0 Å². The lowest BCUT2D eigenvalue weighted by Gasteiger charge is -2.01. The first-order valence-corrected chi connectivity index (χ1v) is 5.79. The second-order valence-corrected chi connectivity index (χ2v) is 4.19. The van der Waals surface area contributed by atoms with Crippen molar-refractivity contribution in [2.24, 2.45) is 0 Å². The molecule has 0 unspecified atom stereocenters. The van der Waals surface area contributed by atoms with Crippen molar-refractivity contribution in [2.45, 2.75) is 13.5 Å². The second-order valence-electron chi connectivity index (χ2n) is 4.19. The van der Waals surface area contributed by atoms with Crippen molar-refractivity contribution in [3.63, 3.8) is 0 Å². The lowest BCUT2D eigenvalue weighted by molar-refractivity contribution is 0.276. The van der Waals surface area contributed by atoms with Crippen LogP contribution in [0.1, 0.15) is 11.3 Å². The molecule has 0 bridgehead atoms. The van der Waals surface area contributed by atoms with E-state index in [1.165, 1.54) is 0 Å². The summed E-state index contributed by atoms with van der Waals surface area (Å²) in [4.78, 5) is 8.63. The van der Waals surface area contributed by atoms with Crippen LogP contribution in [0.4, 0.5) is 0 Å². The third-order valence-corrected chi connectivity index (χ3v) is 3.05. The molecule has 4 nitrogen and oxygen atoms in total. The molecule has 0 aliphatic carbocycles. The van der Waals surface area contributed by atoms with Gasteiger partial charge in [0.05, 0.1) is 18.0 Å². The maximum atomic E-state index is 9.58. The van der Waals surface area contributed by atoms with Crippen LogP contribution >= 0.6 is 0 Å². The third kappa shape index (κ3) is 1.58. The van der Waals surface area contributed by atoms with E-state index in [9.17, 15) is 5.11 Å². The van der Waals surface area contributed by atoms with Gasteiger partial charge in [-0.05, 0) is 30.7 Å². The quantitative estimate of drug-likeness (QED) is 0.745. The van der Waals surface area contributed by atoms with Gasteiger partial charge in [-0.2, -0.15) is 0 Å². The number of pyridine rings is 2. The molecule has 0 radical (unpaired) electrons. The Labute approximate surface area is 105 Å². The lowest BCUT2D eigenvalue weighted by Crippen LogP contribution is -1.94. The maximum absolute atomic E-state index is 9.58. The molecule has 3 rings (SSSR count). The van der Waals surface area contributed by atoms with E-state index < -0.39 is 0 Å². The summed E-state index contributed by atoms with van der Waals surface area (Å²) in [6, 6.07) is 7.77. The summed E-state index contributed by atoms with van der Waals surface area (Å²) in [7, 11) is 0. The van der Waals surface area contributed by atoms with Crippen LogP contribution in [0.15, 0.2) is 42.9 Å². The van der Waals surface area contributed by atoms with Gasteiger partial charge in [0.2, 0.25) is 0 Å². The van der Waals surface area contributed by atoms with Crippen LogP contribution in [0.3, 0.4) is 0 Å². The molecule has 0 saturated carbocycles. The van der Waals surface area contributed by atoms with Gasteiger partial charge >= 0.3 is 0 Å². The minimum atomic E-state index is -0.0394. The van der Waals surface area contributed by atoms with Crippen molar-refractivity contribution in [3.05, 3.63) is 54.1 Å². The van der Waals surface area contributed by atoms with Crippen molar-refractivity contribution in [1.82, 2.24) is 14.4 Å². The van der Waals surface area contributed by atoms with E-state index >= 15 is 0 Å². The van der Waals surface area contributed by atoms with Gasteiger partial charge in [0.25, 0.3) is 0 Å². The average molecular weight is 239 g/mol. The molecule has 3 aromatic heterocycles. The standard InChI is InChI=1S/C14H13N3O/c1-10-3-2-8-17-12(9-18)13(16-14(10)17)11-4-6-15-7-5-11/h2-8,18H,9H2,1H3. The number of hydrogen-bond acceptors (Lipinski definition) is 3. The number of fused-ring (bicyclic) bond motifs is 1. The van der Waals surface area contributed by atoms with Gasteiger partial charge in [-0.1, -0.05) is 6.07 Å². The van der Waals surface area contributed by atoms with E-state index in [1.807, 2.05) is 41.8 Å². The minimum absolute atomic E-state index is 0.0394. The molecular formula is C14H13N3O. The van der Waals surface area contributed by atoms with Crippen LogP contribution < -0.4 is 0 Å². The fourth-order valence-electron chi connectivity index (χ4n) is 2.14. The fraction of sp³-hybridized carbons (Fsp3) is 0.143. The van der Waals surface area contributed by atoms with Crippen LogP contribution in [0.25, 0.3) is 16.9 Å². The SMILES string of the molecule is Cc1cccn2c(CO)c(-c3ccncc3)nc12. The van der Waals surface area contributed by atoms with Gasteiger partial charge in [-0.3, -0.25) is 4.98 Å². The first-order valence-electron chi connectivity index (χ1n) is 5.79. The normalized spacial score (nSPS) is 11.0.